The van der Waals surface area contributed by atoms with Gasteiger partial charge in [-0.2, -0.15) is 0 Å². The maximum atomic E-state index is 5.19. The van der Waals surface area contributed by atoms with E-state index in [4.69, 9.17) is 14.7 Å². The molecule has 0 radical (unpaired) electrons. The van der Waals surface area contributed by atoms with Gasteiger partial charge in [0.05, 0.1) is 7.11 Å². The molecule has 0 saturated heterocycles. The number of nitrogens with zero attached hydrogens (tertiary/aromatic N) is 2. The molecular weight excluding hydrogens is 332 g/mol. The summed E-state index contributed by atoms with van der Waals surface area (Å²) in [5, 5.41) is 3.06. The van der Waals surface area contributed by atoms with E-state index in [1.165, 1.54) is 5.56 Å². The molecule has 22 heavy (non-hydrogen) atoms. The fraction of sp³-hybridized carbons (Fsp3) is 0.0625. The van der Waals surface area contributed by atoms with Gasteiger partial charge in [0.2, 0.25) is 5.11 Å². The van der Waals surface area contributed by atoms with Crippen LogP contribution >= 0.6 is 30.1 Å². The van der Waals surface area contributed by atoms with E-state index in [1.54, 1.807) is 28.7 Å². The lowest BCUT2D eigenvalue weighted by atomic mass is 10.2. The van der Waals surface area contributed by atoms with Crippen molar-refractivity contribution >= 4 is 45.3 Å². The predicted octanol–water partition coefficient (Wildman–Crippen LogP) is 4.57. The van der Waals surface area contributed by atoms with Gasteiger partial charge in [0.25, 0.3) is 0 Å². The molecule has 110 valence electrons. The first-order chi connectivity index (χ1) is 10.8. The highest BCUT2D eigenvalue weighted by Crippen LogP contribution is 2.55. The first kappa shape index (κ1) is 14.1. The number of hydrogen-bond donors (Lipinski definition) is 0. The van der Waals surface area contributed by atoms with Crippen molar-refractivity contribution in [2.45, 2.75) is 0 Å². The molecule has 3 nitrogen and oxygen atoms in total. The third-order valence-corrected chi connectivity index (χ3v) is 8.94. The van der Waals surface area contributed by atoms with Crippen molar-refractivity contribution in [1.29, 1.82) is 0 Å². The van der Waals surface area contributed by atoms with Crippen molar-refractivity contribution in [3.05, 3.63) is 65.7 Å². The van der Waals surface area contributed by atoms with Crippen LogP contribution in [0.25, 0.3) is 0 Å². The molecular formula is C16H12N2OS3. The smallest absolute Gasteiger partial charge is 0.200 e. The van der Waals surface area contributed by atoms with Gasteiger partial charge in [-0.1, -0.05) is 30.3 Å². The fourth-order valence-electron chi connectivity index (χ4n) is 2.09. The summed E-state index contributed by atoms with van der Waals surface area (Å²) in [6.07, 6.45) is 0. The van der Waals surface area contributed by atoms with E-state index in [1.807, 2.05) is 42.5 Å². The Hall–Kier alpha value is -1.50. The summed E-state index contributed by atoms with van der Waals surface area (Å²) in [5.41, 5.74) is 2.29. The van der Waals surface area contributed by atoms with Gasteiger partial charge in [0, 0.05) is 11.1 Å². The highest BCUT2D eigenvalue weighted by Gasteiger charge is 2.27. The van der Waals surface area contributed by atoms with E-state index < -0.39 is 0 Å². The number of methoxy groups -OCH3 is 1. The van der Waals surface area contributed by atoms with Crippen molar-refractivity contribution < 1.29 is 4.74 Å². The quantitative estimate of drug-likeness (QED) is 0.604. The Morgan fingerprint density at radius 1 is 0.818 bits per heavy atom. The highest BCUT2D eigenvalue weighted by molar-refractivity contribution is 9.21. The number of hydrogen-bond acceptors (Lipinski definition) is 5. The summed E-state index contributed by atoms with van der Waals surface area (Å²) < 4.78 is 5.19. The van der Waals surface area contributed by atoms with Crippen LogP contribution in [0.2, 0.25) is 0 Å². The summed E-state index contributed by atoms with van der Waals surface area (Å²) in [5.74, 6) is 0.862. The summed E-state index contributed by atoms with van der Waals surface area (Å²) in [6.45, 7) is 0. The molecule has 6 heteroatoms. The molecule has 0 fully saturated rings. The predicted molar refractivity (Wildman–Crippen MR) is 100 cm³/mol. The third kappa shape index (κ3) is 2.62. The van der Waals surface area contributed by atoms with Crippen LogP contribution in [-0.2, 0) is 0 Å². The number of ether oxygens (including phenoxy) is 1. The zero-order valence-electron chi connectivity index (χ0n) is 11.7. The lowest BCUT2D eigenvalue weighted by Crippen LogP contribution is -1.97. The number of benzene rings is 2. The number of rotatable bonds is 3. The zero-order chi connectivity index (χ0) is 14.9. The van der Waals surface area contributed by atoms with E-state index in [-0.39, 0.29) is 8.55 Å². The minimum atomic E-state index is -0.0248. The Labute approximate surface area is 138 Å². The molecule has 0 spiro atoms. The van der Waals surface area contributed by atoms with Gasteiger partial charge in [0.1, 0.15) is 15.8 Å². The van der Waals surface area contributed by atoms with E-state index >= 15 is 0 Å². The minimum absolute atomic E-state index is 0.0248. The van der Waals surface area contributed by atoms with Crippen LogP contribution in [0.5, 0.6) is 5.75 Å². The van der Waals surface area contributed by atoms with Crippen LogP contribution in [-0.4, -0.2) is 22.3 Å². The Morgan fingerprint density at radius 3 is 1.95 bits per heavy atom. The first-order valence-corrected chi connectivity index (χ1v) is 10.6. The Balaban J connectivity index is 1.57. The van der Waals surface area contributed by atoms with Crippen molar-refractivity contribution in [2.24, 2.45) is 9.98 Å². The lowest BCUT2D eigenvalue weighted by Gasteiger charge is -2.05. The Bertz CT molecular complexity index is 811. The molecule has 0 aromatic heterocycles. The summed E-state index contributed by atoms with van der Waals surface area (Å²) in [6, 6.07) is 18.3. The van der Waals surface area contributed by atoms with Gasteiger partial charge in [-0.3, -0.25) is 0 Å². The van der Waals surface area contributed by atoms with Crippen LogP contribution in [0.1, 0.15) is 11.1 Å². The molecule has 4 rings (SSSR count). The molecule has 0 bridgehead atoms. The van der Waals surface area contributed by atoms with Crippen molar-refractivity contribution in [1.82, 2.24) is 0 Å². The van der Waals surface area contributed by atoms with Crippen LogP contribution in [0.4, 0.5) is 0 Å². The van der Waals surface area contributed by atoms with E-state index in [9.17, 15) is 0 Å². The SMILES string of the molecule is COc1ccc(C2=NC3=S(SC(c4ccccc4)=N3)S2)cc1. The number of aliphatic imine (C=N–C) groups is 2. The minimum Gasteiger partial charge on any atom is -0.497 e. The normalized spacial score (nSPS) is 19.7. The standard InChI is InChI=1S/C16H12N2OS3/c1-19-13-9-7-12(8-10-13)15-18-16-17-14(20-22(16)21-15)11-5-3-2-4-6-11/h2-10H,1H3. The topological polar surface area (TPSA) is 34.0 Å². The van der Waals surface area contributed by atoms with Crippen molar-refractivity contribution in [3.8, 4) is 5.75 Å². The zero-order valence-corrected chi connectivity index (χ0v) is 14.2. The van der Waals surface area contributed by atoms with E-state index in [2.05, 4.69) is 12.1 Å². The average Bonchev–Trinajstić information content (AvgIpc) is 3.15. The largest absolute Gasteiger partial charge is 0.497 e. The van der Waals surface area contributed by atoms with Gasteiger partial charge in [-0.15, -0.1) is 0 Å². The third-order valence-electron chi connectivity index (χ3n) is 3.21. The first-order valence-electron chi connectivity index (χ1n) is 6.68. The van der Waals surface area contributed by atoms with Crippen molar-refractivity contribution in [3.63, 3.8) is 0 Å². The lowest BCUT2D eigenvalue weighted by molar-refractivity contribution is 0.415. The van der Waals surface area contributed by atoms with Crippen molar-refractivity contribution in [2.75, 3.05) is 7.11 Å². The second-order valence-electron chi connectivity index (χ2n) is 4.61. The van der Waals surface area contributed by atoms with Crippen LogP contribution in [0.15, 0.2) is 64.6 Å². The van der Waals surface area contributed by atoms with E-state index in [0.29, 0.717) is 0 Å². The monoisotopic (exact) mass is 344 g/mol. The highest BCUT2D eigenvalue weighted by atomic mass is 33.5. The van der Waals surface area contributed by atoms with Gasteiger partial charge in [-0.25, -0.2) is 9.98 Å². The molecule has 2 heterocycles. The molecule has 2 aromatic rings. The molecule has 2 aliphatic heterocycles. The van der Waals surface area contributed by atoms with Crippen LogP contribution in [0.3, 0.4) is 0 Å². The van der Waals surface area contributed by atoms with Gasteiger partial charge < -0.3 is 4.74 Å². The average molecular weight is 344 g/mol. The molecule has 1 atom stereocenters. The van der Waals surface area contributed by atoms with Crippen LogP contribution in [0, 0.1) is 0 Å². The molecule has 0 saturated carbocycles. The summed E-state index contributed by atoms with van der Waals surface area (Å²) >= 11 is 0. The maximum absolute atomic E-state index is 5.19. The van der Waals surface area contributed by atoms with Crippen LogP contribution < -0.4 is 4.74 Å². The summed E-state index contributed by atoms with van der Waals surface area (Å²) in [4.78, 5) is 9.42. The fourth-order valence-corrected chi connectivity index (χ4v) is 7.84. The van der Waals surface area contributed by atoms with Gasteiger partial charge in [0.15, 0.2) is 0 Å². The molecule has 2 aromatic carbocycles. The van der Waals surface area contributed by atoms with E-state index in [0.717, 1.165) is 26.5 Å². The Kier molecular flexibility index (Phi) is 3.82. The van der Waals surface area contributed by atoms with Gasteiger partial charge in [-0.05, 0) is 54.4 Å². The second-order valence-corrected chi connectivity index (χ2v) is 10.2. The second kappa shape index (κ2) is 5.95. The molecule has 0 amide bonds. The molecule has 0 aliphatic carbocycles. The Morgan fingerprint density at radius 2 is 1.41 bits per heavy atom. The molecule has 0 N–H and O–H groups in total. The summed E-state index contributed by atoms with van der Waals surface area (Å²) in [7, 11) is 5.25. The molecule has 1 unspecified atom stereocenters. The maximum Gasteiger partial charge on any atom is 0.200 e. The van der Waals surface area contributed by atoms with Gasteiger partial charge >= 0.3 is 0 Å². The molecule has 2 aliphatic rings.